The molecule has 2 aliphatic rings. The molecule has 1 saturated carbocycles. The van der Waals surface area contributed by atoms with Crippen LogP contribution < -0.4 is 0 Å². The maximum atomic E-state index is 13.4. The van der Waals surface area contributed by atoms with E-state index in [-0.39, 0.29) is 6.54 Å². The van der Waals surface area contributed by atoms with Gasteiger partial charge in [0.1, 0.15) is 11.6 Å². The quantitative estimate of drug-likeness (QED) is 0.698. The van der Waals surface area contributed by atoms with E-state index in [1.54, 1.807) is 12.1 Å². The summed E-state index contributed by atoms with van der Waals surface area (Å²) in [5.74, 6) is 2.27. The summed E-state index contributed by atoms with van der Waals surface area (Å²) >= 11 is 0. The predicted octanol–water partition coefficient (Wildman–Crippen LogP) is 3.03. The number of hydrogen-bond donors (Lipinski definition) is 0. The van der Waals surface area contributed by atoms with Crippen molar-refractivity contribution in [1.82, 2.24) is 19.1 Å². The van der Waals surface area contributed by atoms with Crippen LogP contribution in [0.3, 0.4) is 0 Å². The first-order valence-corrected chi connectivity index (χ1v) is 10.6. The first kappa shape index (κ1) is 16.6. The summed E-state index contributed by atoms with van der Waals surface area (Å²) in [5, 5.41) is 8.57. The zero-order chi connectivity index (χ0) is 18.4. The van der Waals surface area contributed by atoms with Crippen LogP contribution in [0.15, 0.2) is 59.5 Å². The minimum Gasteiger partial charge on any atom is -0.312 e. The number of aromatic nitrogens is 3. The van der Waals surface area contributed by atoms with E-state index in [9.17, 15) is 8.42 Å². The van der Waals surface area contributed by atoms with Crippen molar-refractivity contribution in [3.8, 4) is 11.1 Å². The third-order valence-corrected chi connectivity index (χ3v) is 7.18. The van der Waals surface area contributed by atoms with E-state index in [4.69, 9.17) is 0 Å². The Morgan fingerprint density at radius 2 is 1.63 bits per heavy atom. The second-order valence-corrected chi connectivity index (χ2v) is 9.01. The summed E-state index contributed by atoms with van der Waals surface area (Å²) in [5.41, 5.74) is 1.62. The molecule has 0 spiro atoms. The third kappa shape index (κ3) is 2.87. The highest BCUT2D eigenvalue weighted by atomic mass is 32.2. The summed E-state index contributed by atoms with van der Waals surface area (Å²) in [6, 6.07) is 16.8. The molecule has 2 heterocycles. The summed E-state index contributed by atoms with van der Waals surface area (Å²) in [7, 11) is -3.63. The number of sulfonamides is 1. The van der Waals surface area contributed by atoms with Crippen LogP contribution in [0.5, 0.6) is 0 Å². The maximum absolute atomic E-state index is 13.4. The van der Waals surface area contributed by atoms with Crippen LogP contribution in [0.1, 0.15) is 30.4 Å². The lowest BCUT2D eigenvalue weighted by Crippen LogP contribution is -2.38. The van der Waals surface area contributed by atoms with Crippen LogP contribution in [0.2, 0.25) is 0 Å². The fourth-order valence-electron chi connectivity index (χ4n) is 3.69. The summed E-state index contributed by atoms with van der Waals surface area (Å²) in [6.45, 7) is 1.32. The van der Waals surface area contributed by atoms with Gasteiger partial charge >= 0.3 is 0 Å². The van der Waals surface area contributed by atoms with Crippen molar-refractivity contribution >= 4 is 10.0 Å². The van der Waals surface area contributed by atoms with Gasteiger partial charge in [0.2, 0.25) is 10.0 Å². The molecule has 1 fully saturated rings. The summed E-state index contributed by atoms with van der Waals surface area (Å²) < 4.78 is 30.5. The highest BCUT2D eigenvalue weighted by Gasteiger charge is 2.35. The molecule has 1 aliphatic heterocycles. The van der Waals surface area contributed by atoms with Crippen LogP contribution in [-0.2, 0) is 23.1 Å². The van der Waals surface area contributed by atoms with E-state index in [0.29, 0.717) is 23.9 Å². The maximum Gasteiger partial charge on any atom is 0.244 e. The molecule has 0 N–H and O–H groups in total. The molecule has 1 aliphatic carbocycles. The van der Waals surface area contributed by atoms with Gasteiger partial charge in [-0.15, -0.1) is 10.2 Å². The second-order valence-electron chi connectivity index (χ2n) is 7.10. The molecule has 0 unspecified atom stereocenters. The van der Waals surface area contributed by atoms with Gasteiger partial charge in [0.15, 0.2) is 0 Å². The van der Waals surface area contributed by atoms with Gasteiger partial charge in [-0.2, -0.15) is 4.31 Å². The van der Waals surface area contributed by atoms with Gasteiger partial charge in [-0.05, 0) is 24.5 Å². The monoisotopic (exact) mass is 380 g/mol. The molecular weight excluding hydrogens is 360 g/mol. The van der Waals surface area contributed by atoms with Crippen LogP contribution >= 0.6 is 0 Å². The lowest BCUT2D eigenvalue weighted by molar-refractivity contribution is 0.332. The van der Waals surface area contributed by atoms with Gasteiger partial charge in [-0.25, -0.2) is 8.42 Å². The number of nitrogens with zero attached hydrogens (tertiary/aromatic N) is 4. The molecule has 0 atom stereocenters. The van der Waals surface area contributed by atoms with Gasteiger partial charge < -0.3 is 4.57 Å². The van der Waals surface area contributed by atoms with Gasteiger partial charge in [0.25, 0.3) is 0 Å². The van der Waals surface area contributed by atoms with E-state index in [1.807, 2.05) is 42.5 Å². The Morgan fingerprint density at radius 1 is 0.889 bits per heavy atom. The predicted molar refractivity (Wildman–Crippen MR) is 101 cm³/mol. The molecule has 138 valence electrons. The SMILES string of the molecule is O=S(=O)(c1ccccc1-c1ccccc1)N1CCn2c(nnc2C2CC2)C1. The normalized spacial score (nSPS) is 17.6. The van der Waals surface area contributed by atoms with Gasteiger partial charge in [-0.3, -0.25) is 0 Å². The van der Waals surface area contributed by atoms with Crippen molar-refractivity contribution in [2.75, 3.05) is 6.54 Å². The van der Waals surface area contributed by atoms with Crippen molar-refractivity contribution in [1.29, 1.82) is 0 Å². The molecule has 1 aromatic heterocycles. The van der Waals surface area contributed by atoms with Crippen LogP contribution in [0.4, 0.5) is 0 Å². The lowest BCUT2D eigenvalue weighted by atomic mass is 10.1. The zero-order valence-electron chi connectivity index (χ0n) is 14.8. The first-order chi connectivity index (χ1) is 13.1. The third-order valence-electron chi connectivity index (χ3n) is 5.28. The van der Waals surface area contributed by atoms with Crippen molar-refractivity contribution in [3.05, 3.63) is 66.2 Å². The Bertz CT molecular complexity index is 1090. The van der Waals surface area contributed by atoms with E-state index in [0.717, 1.165) is 35.6 Å². The Balaban J connectivity index is 1.51. The molecule has 0 amide bonds. The number of fused-ring (bicyclic) bond motifs is 1. The van der Waals surface area contributed by atoms with Crippen LogP contribution in [-0.4, -0.2) is 34.0 Å². The molecule has 0 bridgehead atoms. The largest absolute Gasteiger partial charge is 0.312 e. The zero-order valence-corrected chi connectivity index (χ0v) is 15.6. The first-order valence-electron chi connectivity index (χ1n) is 9.21. The van der Waals surface area contributed by atoms with E-state index < -0.39 is 10.0 Å². The number of hydrogen-bond acceptors (Lipinski definition) is 4. The summed E-state index contributed by atoms with van der Waals surface area (Å²) in [6.07, 6.45) is 2.31. The molecule has 5 rings (SSSR count). The van der Waals surface area contributed by atoms with Gasteiger partial charge in [0, 0.05) is 24.6 Å². The minimum atomic E-state index is -3.63. The van der Waals surface area contributed by atoms with Gasteiger partial charge in [0.05, 0.1) is 11.4 Å². The Morgan fingerprint density at radius 3 is 2.41 bits per heavy atom. The topological polar surface area (TPSA) is 68.1 Å². The standard InChI is InChI=1S/C20H20N4O2S/c25-27(26,18-9-5-4-8-17(18)15-6-2-1-3-7-15)23-12-13-24-19(14-23)21-22-20(24)16-10-11-16/h1-9,16H,10-14H2. The molecule has 27 heavy (non-hydrogen) atoms. The summed E-state index contributed by atoms with van der Waals surface area (Å²) in [4.78, 5) is 0.339. The fourth-order valence-corrected chi connectivity index (χ4v) is 5.29. The second kappa shape index (κ2) is 6.28. The van der Waals surface area contributed by atoms with E-state index in [1.165, 1.54) is 4.31 Å². The molecule has 7 heteroatoms. The molecule has 6 nitrogen and oxygen atoms in total. The van der Waals surface area contributed by atoms with Crippen LogP contribution in [0.25, 0.3) is 11.1 Å². The Hall–Kier alpha value is -2.51. The van der Waals surface area contributed by atoms with Gasteiger partial charge in [-0.1, -0.05) is 48.5 Å². The average molecular weight is 380 g/mol. The Kier molecular flexibility index (Phi) is 3.87. The van der Waals surface area contributed by atoms with Crippen molar-refractivity contribution < 1.29 is 8.42 Å². The van der Waals surface area contributed by atoms with E-state index >= 15 is 0 Å². The average Bonchev–Trinajstić information content (AvgIpc) is 3.47. The number of benzene rings is 2. The van der Waals surface area contributed by atoms with Crippen molar-refractivity contribution in [2.24, 2.45) is 0 Å². The smallest absolute Gasteiger partial charge is 0.244 e. The fraction of sp³-hybridized carbons (Fsp3) is 0.300. The van der Waals surface area contributed by atoms with E-state index in [2.05, 4.69) is 14.8 Å². The lowest BCUT2D eigenvalue weighted by Gasteiger charge is -2.28. The molecule has 0 saturated heterocycles. The van der Waals surface area contributed by atoms with Crippen molar-refractivity contribution in [2.45, 2.75) is 36.7 Å². The highest BCUT2D eigenvalue weighted by Crippen LogP contribution is 2.40. The molecule has 2 aromatic carbocycles. The Labute approximate surface area is 158 Å². The molecule has 3 aromatic rings. The molecular formula is C20H20N4O2S. The van der Waals surface area contributed by atoms with Crippen molar-refractivity contribution in [3.63, 3.8) is 0 Å². The number of rotatable bonds is 4. The van der Waals surface area contributed by atoms with Crippen LogP contribution in [0, 0.1) is 0 Å². The molecule has 0 radical (unpaired) electrons. The highest BCUT2D eigenvalue weighted by molar-refractivity contribution is 7.89. The minimum absolute atomic E-state index is 0.269.